The summed E-state index contributed by atoms with van der Waals surface area (Å²) in [6.07, 6.45) is 7.49. The number of azide groups is 1. The van der Waals surface area contributed by atoms with Crippen molar-refractivity contribution in [3.63, 3.8) is 0 Å². The number of nitrogens with zero attached hydrogens (tertiary/aromatic N) is 3. The van der Waals surface area contributed by atoms with Gasteiger partial charge in [0.1, 0.15) is 0 Å². The minimum absolute atomic E-state index is 0.0348. The summed E-state index contributed by atoms with van der Waals surface area (Å²) in [5.74, 6) is 0. The van der Waals surface area contributed by atoms with Crippen molar-refractivity contribution in [3.8, 4) is 0 Å². The van der Waals surface area contributed by atoms with E-state index in [9.17, 15) is 0 Å². The first-order valence-electron chi connectivity index (χ1n) is 5.70. The Bertz CT molecular complexity index is 180. The predicted octanol–water partition coefficient (Wildman–Crippen LogP) is 2.35. The normalized spacial score (nSPS) is 12.1. The first-order chi connectivity index (χ1) is 7.35. The summed E-state index contributed by atoms with van der Waals surface area (Å²) in [5.41, 5.74) is 13.7. The summed E-state index contributed by atoms with van der Waals surface area (Å²) in [4.78, 5) is 2.76. The second-order valence-electron chi connectivity index (χ2n) is 3.73. The Balaban J connectivity index is 3.25. The lowest BCUT2D eigenvalue weighted by molar-refractivity contribution is 0.282. The van der Waals surface area contributed by atoms with E-state index in [1.54, 1.807) is 0 Å². The molecule has 0 amide bonds. The molecule has 0 saturated heterocycles. The summed E-state index contributed by atoms with van der Waals surface area (Å²) >= 11 is 0. The van der Waals surface area contributed by atoms with Crippen LogP contribution >= 0.6 is 0 Å². The molecule has 0 rings (SSSR count). The van der Waals surface area contributed by atoms with Crippen LogP contribution in [0.2, 0.25) is 0 Å². The van der Waals surface area contributed by atoms with E-state index < -0.39 is 0 Å². The fourth-order valence-electron chi connectivity index (χ4n) is 1.49. The summed E-state index contributed by atoms with van der Waals surface area (Å²) in [5, 5.41) is 12.2. The van der Waals surface area contributed by atoms with E-state index in [0.29, 0.717) is 13.2 Å². The van der Waals surface area contributed by atoms with Crippen LogP contribution in [0.3, 0.4) is 0 Å². The van der Waals surface area contributed by atoms with Gasteiger partial charge in [-0.3, -0.25) is 0 Å². The summed E-state index contributed by atoms with van der Waals surface area (Å²) < 4.78 is 0. The standard InChI is InChI=1S/C10H22N4O/c11-9-10(13-14-12)7-5-3-1-2-4-6-8-15/h10,15H,1-9,11H2. The second kappa shape index (κ2) is 11.3. The molecule has 0 aliphatic rings. The molecule has 0 spiro atoms. The highest BCUT2D eigenvalue weighted by atomic mass is 16.2. The maximum Gasteiger partial charge on any atom is 0.0496 e. The molecule has 0 bridgehead atoms. The van der Waals surface area contributed by atoms with Crippen molar-refractivity contribution in [2.24, 2.45) is 10.8 Å². The van der Waals surface area contributed by atoms with E-state index in [1.165, 1.54) is 12.8 Å². The van der Waals surface area contributed by atoms with Gasteiger partial charge in [-0.05, 0) is 18.4 Å². The van der Waals surface area contributed by atoms with Gasteiger partial charge < -0.3 is 10.8 Å². The number of rotatable bonds is 10. The minimum Gasteiger partial charge on any atom is -0.396 e. The molecule has 15 heavy (non-hydrogen) atoms. The van der Waals surface area contributed by atoms with Crippen LogP contribution in [0, 0.1) is 0 Å². The lowest BCUT2D eigenvalue weighted by Crippen LogP contribution is -2.17. The molecule has 88 valence electrons. The van der Waals surface area contributed by atoms with Gasteiger partial charge >= 0.3 is 0 Å². The number of nitrogens with two attached hydrogens (primary N) is 1. The zero-order chi connectivity index (χ0) is 11.4. The zero-order valence-corrected chi connectivity index (χ0v) is 9.31. The van der Waals surface area contributed by atoms with E-state index in [0.717, 1.165) is 32.1 Å². The van der Waals surface area contributed by atoms with E-state index >= 15 is 0 Å². The number of hydrogen-bond acceptors (Lipinski definition) is 3. The molecule has 5 heteroatoms. The molecule has 0 aromatic rings. The van der Waals surface area contributed by atoms with Gasteiger partial charge in [0.25, 0.3) is 0 Å². The Morgan fingerprint density at radius 1 is 1.13 bits per heavy atom. The average molecular weight is 214 g/mol. The topological polar surface area (TPSA) is 95.0 Å². The molecule has 1 unspecified atom stereocenters. The van der Waals surface area contributed by atoms with Crippen molar-refractivity contribution >= 4 is 0 Å². The highest BCUT2D eigenvalue weighted by Gasteiger charge is 2.02. The number of aliphatic hydroxyl groups is 1. The van der Waals surface area contributed by atoms with Crippen LogP contribution < -0.4 is 5.73 Å². The molecular formula is C10H22N4O. The van der Waals surface area contributed by atoms with E-state index in [-0.39, 0.29) is 6.04 Å². The molecule has 3 N–H and O–H groups in total. The first-order valence-corrected chi connectivity index (χ1v) is 5.70. The fraction of sp³-hybridized carbons (Fsp3) is 1.00. The van der Waals surface area contributed by atoms with E-state index in [1.807, 2.05) is 0 Å². The number of hydrogen-bond donors (Lipinski definition) is 2. The van der Waals surface area contributed by atoms with Crippen molar-refractivity contribution in [3.05, 3.63) is 10.4 Å². The third-order valence-corrected chi connectivity index (χ3v) is 2.43. The number of aliphatic hydroxyl groups excluding tert-OH is 1. The molecule has 0 fully saturated rings. The van der Waals surface area contributed by atoms with Crippen LogP contribution in [0.25, 0.3) is 10.4 Å². The predicted molar refractivity (Wildman–Crippen MR) is 61.4 cm³/mol. The molecule has 0 aliphatic heterocycles. The zero-order valence-electron chi connectivity index (χ0n) is 9.31. The van der Waals surface area contributed by atoms with Crippen LogP contribution in [0.4, 0.5) is 0 Å². The molecule has 0 aliphatic carbocycles. The van der Waals surface area contributed by atoms with Crippen molar-refractivity contribution in [2.75, 3.05) is 13.2 Å². The van der Waals surface area contributed by atoms with E-state index in [4.69, 9.17) is 16.4 Å². The monoisotopic (exact) mass is 214 g/mol. The number of unbranched alkanes of at least 4 members (excludes halogenated alkanes) is 5. The van der Waals surface area contributed by atoms with Gasteiger partial charge in [-0.1, -0.05) is 37.2 Å². The Kier molecular flexibility index (Phi) is 10.7. The van der Waals surface area contributed by atoms with Gasteiger partial charge in [0, 0.05) is 24.1 Å². The smallest absolute Gasteiger partial charge is 0.0496 e. The van der Waals surface area contributed by atoms with Crippen molar-refractivity contribution < 1.29 is 5.11 Å². The van der Waals surface area contributed by atoms with Gasteiger partial charge in [-0.25, -0.2) is 0 Å². The van der Waals surface area contributed by atoms with Crippen molar-refractivity contribution in [2.45, 2.75) is 51.0 Å². The lowest BCUT2D eigenvalue weighted by Gasteiger charge is -2.07. The molecule has 0 aromatic heterocycles. The highest BCUT2D eigenvalue weighted by molar-refractivity contribution is 4.67. The van der Waals surface area contributed by atoms with Crippen molar-refractivity contribution in [1.82, 2.24) is 0 Å². The Labute approximate surface area is 91.3 Å². The third-order valence-electron chi connectivity index (χ3n) is 2.43. The van der Waals surface area contributed by atoms with E-state index in [2.05, 4.69) is 10.0 Å². The van der Waals surface area contributed by atoms with Crippen LogP contribution in [-0.2, 0) is 0 Å². The molecule has 0 aromatic carbocycles. The maximum atomic E-state index is 8.57. The van der Waals surface area contributed by atoms with Crippen LogP contribution in [0.1, 0.15) is 44.9 Å². The van der Waals surface area contributed by atoms with Gasteiger partial charge in [0.2, 0.25) is 0 Å². The maximum absolute atomic E-state index is 8.57. The van der Waals surface area contributed by atoms with Gasteiger partial charge in [0.05, 0.1) is 0 Å². The second-order valence-corrected chi connectivity index (χ2v) is 3.73. The molecule has 0 saturated carbocycles. The molecule has 0 radical (unpaired) electrons. The Morgan fingerprint density at radius 2 is 1.73 bits per heavy atom. The van der Waals surface area contributed by atoms with Crippen LogP contribution in [-0.4, -0.2) is 24.3 Å². The van der Waals surface area contributed by atoms with Gasteiger partial charge in [-0.2, -0.15) is 0 Å². The largest absolute Gasteiger partial charge is 0.396 e. The third kappa shape index (κ3) is 9.53. The van der Waals surface area contributed by atoms with Crippen LogP contribution in [0.5, 0.6) is 0 Å². The minimum atomic E-state index is -0.0348. The first kappa shape index (κ1) is 14.2. The molecule has 1 atom stereocenters. The summed E-state index contributed by atoms with van der Waals surface area (Å²) in [7, 11) is 0. The van der Waals surface area contributed by atoms with Crippen LogP contribution in [0.15, 0.2) is 5.11 Å². The molecule has 5 nitrogen and oxygen atoms in total. The van der Waals surface area contributed by atoms with Gasteiger partial charge in [-0.15, -0.1) is 0 Å². The Morgan fingerprint density at radius 3 is 2.27 bits per heavy atom. The summed E-state index contributed by atoms with van der Waals surface area (Å²) in [6, 6.07) is -0.0348. The fourth-order valence-corrected chi connectivity index (χ4v) is 1.49. The van der Waals surface area contributed by atoms with Gasteiger partial charge in [0.15, 0.2) is 0 Å². The molecule has 0 heterocycles. The quantitative estimate of drug-likeness (QED) is 0.253. The average Bonchev–Trinajstić information content (AvgIpc) is 2.26. The van der Waals surface area contributed by atoms with Crippen molar-refractivity contribution in [1.29, 1.82) is 0 Å². The Hall–Kier alpha value is -0.770. The summed E-state index contributed by atoms with van der Waals surface area (Å²) in [6.45, 7) is 0.737. The highest BCUT2D eigenvalue weighted by Crippen LogP contribution is 2.09. The SMILES string of the molecule is [N-]=[N+]=NC(CN)CCCCCCCCO. The molecular weight excluding hydrogens is 192 g/mol. The lowest BCUT2D eigenvalue weighted by atomic mass is 10.1.